The van der Waals surface area contributed by atoms with Crippen molar-refractivity contribution in [2.75, 3.05) is 19.6 Å². The lowest BCUT2D eigenvalue weighted by atomic mass is 9.77. The quantitative estimate of drug-likeness (QED) is 0.764. The normalized spacial score (nSPS) is 31.9. The molecule has 0 radical (unpaired) electrons. The smallest absolute Gasteiger partial charge is 0.326 e. The van der Waals surface area contributed by atoms with Crippen LogP contribution in [0.15, 0.2) is 0 Å². The molecule has 1 spiro atoms. The summed E-state index contributed by atoms with van der Waals surface area (Å²) in [7, 11) is 0. The molecule has 0 aromatic heterocycles. The van der Waals surface area contributed by atoms with Gasteiger partial charge in [0.15, 0.2) is 0 Å². The lowest BCUT2D eigenvalue weighted by Crippen LogP contribution is -2.51. The molecule has 6 nitrogen and oxygen atoms in total. The number of carbonyl (C=O) groups excluding carboxylic acids is 1. The van der Waals surface area contributed by atoms with Crippen molar-refractivity contribution in [1.29, 1.82) is 0 Å². The SMILES string of the molecule is O=C(O)[C@H]1C[C@@H](O)CN1C(=O)N1CCC2(CCCC2)CC1. The molecule has 0 aromatic rings. The minimum absolute atomic E-state index is 0.136. The monoisotopic (exact) mass is 296 g/mol. The van der Waals surface area contributed by atoms with Crippen molar-refractivity contribution in [3.8, 4) is 0 Å². The first-order chi connectivity index (χ1) is 10.0. The minimum atomic E-state index is -1.02. The Bertz CT molecular complexity index is 423. The van der Waals surface area contributed by atoms with Crippen LogP contribution in [0.25, 0.3) is 0 Å². The molecule has 2 aliphatic heterocycles. The van der Waals surface area contributed by atoms with Crippen LogP contribution in [-0.2, 0) is 4.79 Å². The first-order valence-corrected chi connectivity index (χ1v) is 7.97. The number of amides is 2. The van der Waals surface area contributed by atoms with E-state index >= 15 is 0 Å². The van der Waals surface area contributed by atoms with E-state index in [1.807, 2.05) is 0 Å². The van der Waals surface area contributed by atoms with Crippen molar-refractivity contribution < 1.29 is 19.8 Å². The summed E-state index contributed by atoms with van der Waals surface area (Å²) < 4.78 is 0. The Morgan fingerprint density at radius 2 is 1.67 bits per heavy atom. The number of carbonyl (C=O) groups is 2. The predicted molar refractivity (Wildman–Crippen MR) is 75.9 cm³/mol. The number of carboxylic acid groups (broad SMARTS) is 1. The standard InChI is InChI=1S/C15H24N2O4/c18-11-9-12(13(19)20)17(10-11)14(21)16-7-5-15(6-8-16)3-1-2-4-15/h11-12,18H,1-10H2,(H,19,20)/t11-,12-/m1/s1. The summed E-state index contributed by atoms with van der Waals surface area (Å²) in [5.74, 6) is -1.02. The van der Waals surface area contributed by atoms with E-state index in [0.717, 1.165) is 25.9 Å². The summed E-state index contributed by atoms with van der Waals surface area (Å²) in [5.41, 5.74) is 0.438. The van der Waals surface area contributed by atoms with Crippen LogP contribution in [0.2, 0.25) is 0 Å². The molecule has 21 heavy (non-hydrogen) atoms. The maximum absolute atomic E-state index is 12.5. The van der Waals surface area contributed by atoms with Crippen LogP contribution < -0.4 is 0 Å². The zero-order valence-corrected chi connectivity index (χ0v) is 12.3. The molecule has 1 aliphatic carbocycles. The zero-order valence-electron chi connectivity index (χ0n) is 12.3. The van der Waals surface area contributed by atoms with Crippen molar-refractivity contribution in [2.45, 2.75) is 57.1 Å². The van der Waals surface area contributed by atoms with Gasteiger partial charge in [-0.15, -0.1) is 0 Å². The maximum atomic E-state index is 12.5. The molecule has 2 heterocycles. The van der Waals surface area contributed by atoms with Crippen LogP contribution in [0, 0.1) is 5.41 Å². The average molecular weight is 296 g/mol. The number of hydrogen-bond acceptors (Lipinski definition) is 3. The van der Waals surface area contributed by atoms with Crippen LogP contribution in [0.3, 0.4) is 0 Å². The fraction of sp³-hybridized carbons (Fsp3) is 0.867. The number of likely N-dealkylation sites (tertiary alicyclic amines) is 2. The highest BCUT2D eigenvalue weighted by Gasteiger charge is 2.43. The van der Waals surface area contributed by atoms with Crippen LogP contribution >= 0.6 is 0 Å². The largest absolute Gasteiger partial charge is 0.480 e. The van der Waals surface area contributed by atoms with Crippen LogP contribution in [0.1, 0.15) is 44.9 Å². The molecule has 3 fully saturated rings. The molecule has 0 unspecified atom stereocenters. The van der Waals surface area contributed by atoms with E-state index in [4.69, 9.17) is 0 Å². The van der Waals surface area contributed by atoms with Gasteiger partial charge < -0.3 is 20.0 Å². The van der Waals surface area contributed by atoms with Gasteiger partial charge >= 0.3 is 12.0 Å². The maximum Gasteiger partial charge on any atom is 0.326 e. The van der Waals surface area contributed by atoms with Gasteiger partial charge in [-0.25, -0.2) is 9.59 Å². The van der Waals surface area contributed by atoms with Gasteiger partial charge in [0.05, 0.1) is 6.10 Å². The van der Waals surface area contributed by atoms with Gasteiger partial charge in [-0.1, -0.05) is 12.8 Å². The number of piperidine rings is 1. The van der Waals surface area contributed by atoms with E-state index in [1.54, 1.807) is 4.90 Å². The summed E-state index contributed by atoms with van der Waals surface area (Å²) in [6, 6.07) is -1.10. The molecule has 118 valence electrons. The first-order valence-electron chi connectivity index (χ1n) is 7.97. The highest BCUT2D eigenvalue weighted by Crippen LogP contribution is 2.46. The second-order valence-electron chi connectivity index (χ2n) is 6.87. The number of aliphatic hydroxyl groups excluding tert-OH is 1. The molecule has 0 bridgehead atoms. The topological polar surface area (TPSA) is 81.1 Å². The predicted octanol–water partition coefficient (Wildman–Crippen LogP) is 1.28. The molecule has 3 aliphatic rings. The number of β-amino-alcohol motifs (C(OH)–C–C–N with tert-alkyl or cyclic N) is 1. The second kappa shape index (κ2) is 5.48. The Hall–Kier alpha value is -1.30. The van der Waals surface area contributed by atoms with Crippen LogP contribution in [0.5, 0.6) is 0 Å². The average Bonchev–Trinajstić information content (AvgIpc) is 3.06. The number of carboxylic acids is 1. The number of aliphatic carboxylic acids is 1. The Morgan fingerprint density at radius 3 is 2.24 bits per heavy atom. The second-order valence-corrected chi connectivity index (χ2v) is 6.87. The molecular formula is C15H24N2O4. The number of urea groups is 1. The lowest BCUT2D eigenvalue weighted by Gasteiger charge is -2.41. The molecule has 2 N–H and O–H groups in total. The van der Waals surface area contributed by atoms with Crippen molar-refractivity contribution in [3.63, 3.8) is 0 Å². The molecule has 1 saturated carbocycles. The summed E-state index contributed by atoms with van der Waals surface area (Å²) in [6.45, 7) is 1.58. The highest BCUT2D eigenvalue weighted by atomic mass is 16.4. The van der Waals surface area contributed by atoms with E-state index in [-0.39, 0.29) is 19.0 Å². The highest BCUT2D eigenvalue weighted by molar-refractivity contribution is 5.83. The Morgan fingerprint density at radius 1 is 1.05 bits per heavy atom. The Balaban J connectivity index is 1.62. The van der Waals surface area contributed by atoms with E-state index in [0.29, 0.717) is 5.41 Å². The molecular weight excluding hydrogens is 272 g/mol. The van der Waals surface area contributed by atoms with Crippen molar-refractivity contribution >= 4 is 12.0 Å². The van der Waals surface area contributed by atoms with Gasteiger partial charge in [-0.3, -0.25) is 0 Å². The molecule has 6 heteroatoms. The number of rotatable bonds is 1. The van der Waals surface area contributed by atoms with Crippen molar-refractivity contribution in [1.82, 2.24) is 9.80 Å². The van der Waals surface area contributed by atoms with Gasteiger partial charge in [-0.2, -0.15) is 0 Å². The van der Waals surface area contributed by atoms with E-state index in [9.17, 15) is 19.8 Å². The van der Waals surface area contributed by atoms with Crippen LogP contribution in [0.4, 0.5) is 4.79 Å². The summed E-state index contributed by atoms with van der Waals surface area (Å²) in [6.07, 6.45) is 6.63. The van der Waals surface area contributed by atoms with Crippen molar-refractivity contribution in [2.24, 2.45) is 5.41 Å². The molecule has 2 saturated heterocycles. The number of aliphatic hydroxyl groups is 1. The number of nitrogens with zero attached hydrogens (tertiary/aromatic N) is 2. The van der Waals surface area contributed by atoms with E-state index < -0.39 is 18.1 Å². The van der Waals surface area contributed by atoms with Gasteiger partial charge in [0.1, 0.15) is 6.04 Å². The van der Waals surface area contributed by atoms with Gasteiger partial charge in [0.25, 0.3) is 0 Å². The molecule has 2 atom stereocenters. The fourth-order valence-electron chi connectivity index (χ4n) is 4.24. The van der Waals surface area contributed by atoms with E-state index in [2.05, 4.69) is 0 Å². The minimum Gasteiger partial charge on any atom is -0.480 e. The summed E-state index contributed by atoms with van der Waals surface area (Å²) in [5, 5.41) is 18.9. The molecule has 2 amide bonds. The number of hydrogen-bond donors (Lipinski definition) is 2. The molecule has 3 rings (SSSR count). The Labute approximate surface area is 124 Å². The Kier molecular flexibility index (Phi) is 3.82. The molecule has 0 aromatic carbocycles. The van der Waals surface area contributed by atoms with Gasteiger partial charge in [0.2, 0.25) is 0 Å². The third kappa shape index (κ3) is 2.73. The van der Waals surface area contributed by atoms with E-state index in [1.165, 1.54) is 30.6 Å². The third-order valence-corrected chi connectivity index (χ3v) is 5.57. The lowest BCUT2D eigenvalue weighted by molar-refractivity contribution is -0.141. The fourth-order valence-corrected chi connectivity index (χ4v) is 4.24. The van der Waals surface area contributed by atoms with Gasteiger partial charge in [-0.05, 0) is 31.1 Å². The van der Waals surface area contributed by atoms with Crippen molar-refractivity contribution in [3.05, 3.63) is 0 Å². The van der Waals surface area contributed by atoms with Gasteiger partial charge in [0, 0.05) is 26.1 Å². The first kappa shape index (κ1) is 14.6. The third-order valence-electron chi connectivity index (χ3n) is 5.57. The summed E-state index contributed by atoms with van der Waals surface area (Å²) in [4.78, 5) is 26.9. The van der Waals surface area contributed by atoms with Crippen LogP contribution in [-0.4, -0.2) is 63.8 Å². The zero-order chi connectivity index (χ0) is 15.0. The summed E-state index contributed by atoms with van der Waals surface area (Å²) >= 11 is 0.